The van der Waals surface area contributed by atoms with Crippen LogP contribution in [0.15, 0.2) is 101 Å². The predicted octanol–water partition coefficient (Wildman–Crippen LogP) is 6.89. The largest absolute Gasteiger partial charge is 0.223 e. The van der Waals surface area contributed by atoms with Gasteiger partial charge in [-0.25, -0.2) is 8.42 Å². The van der Waals surface area contributed by atoms with Crippen LogP contribution < -0.4 is 0 Å². The fourth-order valence-corrected chi connectivity index (χ4v) is 6.46. The van der Waals surface area contributed by atoms with Gasteiger partial charge in [0.25, 0.3) is 0 Å². The highest BCUT2D eigenvalue weighted by molar-refractivity contribution is 7.92. The Morgan fingerprint density at radius 3 is 1.88 bits per heavy atom. The first kappa shape index (κ1) is 24.2. The summed E-state index contributed by atoms with van der Waals surface area (Å²) in [7, 11) is -4.95. The van der Waals surface area contributed by atoms with Crippen molar-refractivity contribution in [3.8, 4) is 0 Å². The van der Waals surface area contributed by atoms with Crippen LogP contribution in [0.4, 0.5) is 0 Å². The molecule has 0 aliphatic heterocycles. The highest BCUT2D eigenvalue weighted by Gasteiger charge is 2.31. The lowest BCUT2D eigenvalue weighted by Crippen LogP contribution is -2.28. The highest BCUT2D eigenvalue weighted by atomic mass is 32.2. The van der Waals surface area contributed by atoms with E-state index in [1.54, 1.807) is 12.1 Å². The number of allylic oxidation sites excluding steroid dienone is 1. The molecule has 4 heteroatoms. The maximum absolute atomic E-state index is 14.0. The van der Waals surface area contributed by atoms with E-state index in [4.69, 9.17) is 0 Å². The molecule has 0 spiro atoms. The van der Waals surface area contributed by atoms with E-state index in [0.29, 0.717) is 17.7 Å². The second kappa shape index (κ2) is 10.5. The van der Waals surface area contributed by atoms with Gasteiger partial charge in [0.15, 0.2) is 9.84 Å². The van der Waals surface area contributed by atoms with Gasteiger partial charge in [0.1, 0.15) is 0 Å². The van der Waals surface area contributed by atoms with Crippen molar-refractivity contribution in [1.82, 2.24) is 0 Å². The summed E-state index contributed by atoms with van der Waals surface area (Å²) in [6.07, 6.45) is 3.36. The summed E-state index contributed by atoms with van der Waals surface area (Å²) in [6.45, 7) is 8.95. The maximum Gasteiger partial charge on any atom is 0.185 e. The molecule has 1 unspecified atom stereocenters. The quantitative estimate of drug-likeness (QED) is 0.256. The molecular weight excluding hydrogens is 428 g/mol. The van der Waals surface area contributed by atoms with Crippen molar-refractivity contribution < 1.29 is 8.42 Å². The SMILES string of the molecule is Cc1ccc(S(=O)(=O)C(Cc2ccccc2)/C(=C/C[Si](C)(C)C)Cc2ccccc2)cc1. The van der Waals surface area contributed by atoms with Crippen molar-refractivity contribution in [2.24, 2.45) is 0 Å². The standard InChI is InChI=1S/C28H34O2SSi/c1-23-15-17-27(18-16-23)31(29,30)28(22-25-13-9-6-10-14-25)26(19-20-32(2,3)4)21-24-11-7-5-8-12-24/h5-19,28H,20-22H2,1-4H3/b26-19+. The minimum Gasteiger partial charge on any atom is -0.223 e. The molecule has 32 heavy (non-hydrogen) atoms. The molecule has 0 saturated carbocycles. The Balaban J connectivity index is 2.10. The summed E-state index contributed by atoms with van der Waals surface area (Å²) in [4.78, 5) is 0.399. The Morgan fingerprint density at radius 1 is 0.812 bits per heavy atom. The molecule has 3 aromatic carbocycles. The molecule has 0 saturated heterocycles. The average molecular weight is 463 g/mol. The number of sulfone groups is 1. The smallest absolute Gasteiger partial charge is 0.185 e. The third-order valence-corrected chi connectivity index (χ3v) is 9.21. The molecule has 0 N–H and O–H groups in total. The normalized spacial score (nSPS) is 13.7. The highest BCUT2D eigenvalue weighted by Crippen LogP contribution is 2.29. The summed E-state index contributed by atoms with van der Waals surface area (Å²) in [6, 6.07) is 28.4. The number of hydrogen-bond acceptors (Lipinski definition) is 2. The molecule has 3 aromatic rings. The van der Waals surface area contributed by atoms with Gasteiger partial charge in [0.2, 0.25) is 0 Å². The van der Waals surface area contributed by atoms with E-state index < -0.39 is 23.2 Å². The van der Waals surface area contributed by atoms with Crippen LogP contribution in [0.2, 0.25) is 25.7 Å². The van der Waals surface area contributed by atoms with Crippen LogP contribution in [-0.2, 0) is 22.7 Å². The zero-order chi connectivity index (χ0) is 23.2. The topological polar surface area (TPSA) is 34.1 Å². The molecule has 168 valence electrons. The van der Waals surface area contributed by atoms with Crippen LogP contribution >= 0.6 is 0 Å². The monoisotopic (exact) mass is 462 g/mol. The first-order chi connectivity index (χ1) is 15.1. The lowest BCUT2D eigenvalue weighted by atomic mass is 9.97. The first-order valence-electron chi connectivity index (χ1n) is 11.2. The van der Waals surface area contributed by atoms with E-state index in [1.165, 1.54) is 0 Å². The molecule has 0 radical (unpaired) electrons. The molecule has 0 fully saturated rings. The van der Waals surface area contributed by atoms with Gasteiger partial charge in [-0.2, -0.15) is 0 Å². The summed E-state index contributed by atoms with van der Waals surface area (Å²) in [5.74, 6) is 0. The van der Waals surface area contributed by atoms with E-state index in [2.05, 4.69) is 37.8 Å². The van der Waals surface area contributed by atoms with Gasteiger partial charge in [0, 0.05) is 8.07 Å². The Morgan fingerprint density at radius 2 is 1.34 bits per heavy atom. The first-order valence-corrected chi connectivity index (χ1v) is 16.5. The van der Waals surface area contributed by atoms with Crippen molar-refractivity contribution in [2.75, 3.05) is 0 Å². The second-order valence-electron chi connectivity index (χ2n) is 9.74. The Kier molecular flexibility index (Phi) is 7.91. The van der Waals surface area contributed by atoms with Crippen molar-refractivity contribution >= 4 is 17.9 Å². The Bertz CT molecular complexity index is 1130. The molecule has 0 aromatic heterocycles. The molecule has 1 atom stereocenters. The van der Waals surface area contributed by atoms with Crippen LogP contribution in [0.25, 0.3) is 0 Å². The van der Waals surface area contributed by atoms with Crippen molar-refractivity contribution in [3.63, 3.8) is 0 Å². The van der Waals surface area contributed by atoms with Crippen molar-refractivity contribution in [1.29, 1.82) is 0 Å². The van der Waals surface area contributed by atoms with Crippen LogP contribution in [0.5, 0.6) is 0 Å². The second-order valence-corrected chi connectivity index (χ2v) is 17.4. The van der Waals surface area contributed by atoms with Gasteiger partial charge in [-0.15, -0.1) is 0 Å². The average Bonchev–Trinajstić information content (AvgIpc) is 2.76. The molecule has 0 bridgehead atoms. The number of rotatable bonds is 9. The van der Waals surface area contributed by atoms with Gasteiger partial charge in [0.05, 0.1) is 10.1 Å². The van der Waals surface area contributed by atoms with Gasteiger partial charge < -0.3 is 0 Å². The van der Waals surface area contributed by atoms with E-state index >= 15 is 0 Å². The molecule has 0 heterocycles. The fraction of sp³-hybridized carbons (Fsp3) is 0.286. The summed E-state index contributed by atoms with van der Waals surface area (Å²) in [5, 5.41) is -0.593. The molecule has 0 aliphatic rings. The fourth-order valence-electron chi connectivity index (χ4n) is 3.75. The minimum atomic E-state index is -3.56. The van der Waals surface area contributed by atoms with Crippen LogP contribution in [-0.4, -0.2) is 21.7 Å². The zero-order valence-corrected chi connectivity index (χ0v) is 21.4. The molecule has 0 aliphatic carbocycles. The molecule has 0 amide bonds. The van der Waals surface area contributed by atoms with E-state index in [0.717, 1.165) is 28.3 Å². The molecular formula is C28H34O2SSi. The summed E-state index contributed by atoms with van der Waals surface area (Å²) >= 11 is 0. The number of hydrogen-bond donors (Lipinski definition) is 0. The summed E-state index contributed by atoms with van der Waals surface area (Å²) in [5.41, 5.74) is 4.25. The van der Waals surface area contributed by atoms with Crippen molar-refractivity contribution in [3.05, 3.63) is 113 Å². The van der Waals surface area contributed by atoms with Crippen LogP contribution in [0, 0.1) is 6.92 Å². The third-order valence-electron chi connectivity index (χ3n) is 5.63. The lowest BCUT2D eigenvalue weighted by molar-refractivity contribution is 0.584. The van der Waals surface area contributed by atoms with E-state index in [9.17, 15) is 8.42 Å². The van der Waals surface area contributed by atoms with Gasteiger partial charge >= 0.3 is 0 Å². The Hall–Kier alpha value is -2.43. The number of benzene rings is 3. The van der Waals surface area contributed by atoms with Crippen LogP contribution in [0.1, 0.15) is 16.7 Å². The molecule has 3 rings (SSSR count). The van der Waals surface area contributed by atoms with Gasteiger partial charge in [-0.05, 0) is 49.1 Å². The third kappa shape index (κ3) is 6.78. The van der Waals surface area contributed by atoms with Gasteiger partial charge in [-0.3, -0.25) is 0 Å². The summed E-state index contributed by atoms with van der Waals surface area (Å²) < 4.78 is 27.9. The maximum atomic E-state index is 14.0. The molecule has 2 nitrogen and oxygen atoms in total. The van der Waals surface area contributed by atoms with Crippen LogP contribution in [0.3, 0.4) is 0 Å². The van der Waals surface area contributed by atoms with E-state index in [1.807, 2.05) is 67.6 Å². The van der Waals surface area contributed by atoms with E-state index in [-0.39, 0.29) is 0 Å². The lowest BCUT2D eigenvalue weighted by Gasteiger charge is -2.24. The number of aryl methyl sites for hydroxylation is 1. The van der Waals surface area contributed by atoms with Gasteiger partial charge in [-0.1, -0.05) is 110 Å². The predicted molar refractivity (Wildman–Crippen MR) is 139 cm³/mol. The zero-order valence-electron chi connectivity index (χ0n) is 19.6. The Labute approximate surface area is 195 Å². The van der Waals surface area contributed by atoms with Crippen molar-refractivity contribution in [2.45, 2.75) is 55.6 Å². The minimum absolute atomic E-state index is 0.399.